The minimum absolute atomic E-state index is 0.0473. The Bertz CT molecular complexity index is 555. The van der Waals surface area contributed by atoms with Crippen LogP contribution in [0.3, 0.4) is 0 Å². The molecule has 0 aliphatic carbocycles. The van der Waals surface area contributed by atoms with Crippen LogP contribution in [0.15, 0.2) is 42.5 Å². The predicted molar refractivity (Wildman–Crippen MR) is 75.3 cm³/mol. The van der Waals surface area contributed by atoms with Crippen molar-refractivity contribution in [3.05, 3.63) is 58.9 Å². The lowest BCUT2D eigenvalue weighted by atomic mass is 10.1. The molecule has 2 aromatic carbocycles. The molecule has 0 saturated carbocycles. The van der Waals surface area contributed by atoms with E-state index in [2.05, 4.69) is 0 Å². The van der Waals surface area contributed by atoms with Crippen molar-refractivity contribution in [3.8, 4) is 11.5 Å². The first-order valence-corrected chi connectivity index (χ1v) is 6.40. The maximum absolute atomic E-state index is 13.0. The first-order valence-electron chi connectivity index (χ1n) is 6.02. The summed E-state index contributed by atoms with van der Waals surface area (Å²) in [5.41, 5.74) is 6.89. The molecule has 0 fully saturated rings. The van der Waals surface area contributed by atoms with Gasteiger partial charge in [0.1, 0.15) is 17.3 Å². The fourth-order valence-corrected chi connectivity index (χ4v) is 1.91. The molecular weight excluding hydrogens is 265 g/mol. The number of nitrogens with two attached hydrogens (primary N) is 1. The van der Waals surface area contributed by atoms with Crippen LogP contribution in [0.1, 0.15) is 12.5 Å². The highest BCUT2D eigenvalue weighted by molar-refractivity contribution is 6.30. The zero-order chi connectivity index (χ0) is 13.8. The van der Waals surface area contributed by atoms with Crippen molar-refractivity contribution in [1.29, 1.82) is 0 Å². The maximum Gasteiger partial charge on any atom is 0.142 e. The number of hydrogen-bond donors (Lipinski definition) is 1. The Balaban J connectivity index is 2.08. The summed E-state index contributed by atoms with van der Waals surface area (Å²) in [5.74, 6) is 0.726. The SMILES string of the molecule is CC(N)Cc1ccc(Oc2ccc(F)c(Cl)c2)cc1. The maximum atomic E-state index is 13.0. The first kappa shape index (κ1) is 13.8. The van der Waals surface area contributed by atoms with Gasteiger partial charge in [0, 0.05) is 12.1 Å². The van der Waals surface area contributed by atoms with Gasteiger partial charge in [-0.25, -0.2) is 4.39 Å². The molecular formula is C15H15ClFNO. The molecule has 0 heterocycles. The molecule has 0 bridgehead atoms. The second kappa shape index (κ2) is 6.04. The number of benzene rings is 2. The number of halogens is 2. The average Bonchev–Trinajstić information content (AvgIpc) is 2.36. The molecule has 0 aromatic heterocycles. The van der Waals surface area contributed by atoms with Crippen LogP contribution in [-0.4, -0.2) is 6.04 Å². The molecule has 1 atom stereocenters. The third-order valence-corrected chi connectivity index (χ3v) is 2.90. The van der Waals surface area contributed by atoms with Gasteiger partial charge in [0.25, 0.3) is 0 Å². The summed E-state index contributed by atoms with van der Waals surface area (Å²) in [7, 11) is 0. The molecule has 2 aromatic rings. The summed E-state index contributed by atoms with van der Waals surface area (Å²) in [6.07, 6.45) is 0.822. The van der Waals surface area contributed by atoms with E-state index in [1.54, 1.807) is 0 Å². The molecule has 0 saturated heterocycles. The fraction of sp³-hybridized carbons (Fsp3) is 0.200. The van der Waals surface area contributed by atoms with Gasteiger partial charge in [0.05, 0.1) is 5.02 Å². The van der Waals surface area contributed by atoms with Crippen molar-refractivity contribution in [2.75, 3.05) is 0 Å². The van der Waals surface area contributed by atoms with E-state index >= 15 is 0 Å². The van der Waals surface area contributed by atoms with Crippen molar-refractivity contribution < 1.29 is 9.13 Å². The zero-order valence-corrected chi connectivity index (χ0v) is 11.3. The summed E-state index contributed by atoms with van der Waals surface area (Å²) in [5, 5.41) is 0.0473. The molecule has 1 unspecified atom stereocenters. The first-order chi connectivity index (χ1) is 9.04. The van der Waals surface area contributed by atoms with Crippen LogP contribution in [0.25, 0.3) is 0 Å². The summed E-state index contributed by atoms with van der Waals surface area (Å²) < 4.78 is 18.6. The summed E-state index contributed by atoms with van der Waals surface area (Å²) in [6, 6.07) is 12.0. The summed E-state index contributed by atoms with van der Waals surface area (Å²) in [4.78, 5) is 0. The van der Waals surface area contributed by atoms with E-state index < -0.39 is 5.82 Å². The normalized spacial score (nSPS) is 12.2. The Hall–Kier alpha value is -1.58. The van der Waals surface area contributed by atoms with Crippen LogP contribution in [0, 0.1) is 5.82 Å². The largest absolute Gasteiger partial charge is 0.457 e. The minimum Gasteiger partial charge on any atom is -0.457 e. The van der Waals surface area contributed by atoms with Crippen molar-refractivity contribution in [3.63, 3.8) is 0 Å². The minimum atomic E-state index is -0.457. The third kappa shape index (κ3) is 3.94. The van der Waals surface area contributed by atoms with Gasteiger partial charge in [0.2, 0.25) is 0 Å². The van der Waals surface area contributed by atoms with E-state index in [4.69, 9.17) is 22.1 Å². The van der Waals surface area contributed by atoms with Gasteiger partial charge in [-0.15, -0.1) is 0 Å². The van der Waals surface area contributed by atoms with Gasteiger partial charge in [-0.2, -0.15) is 0 Å². The topological polar surface area (TPSA) is 35.2 Å². The summed E-state index contributed by atoms with van der Waals surface area (Å²) >= 11 is 5.69. The lowest BCUT2D eigenvalue weighted by Gasteiger charge is -2.08. The monoisotopic (exact) mass is 279 g/mol. The quantitative estimate of drug-likeness (QED) is 0.912. The van der Waals surface area contributed by atoms with E-state index in [0.29, 0.717) is 11.5 Å². The third-order valence-electron chi connectivity index (χ3n) is 2.61. The molecule has 0 amide bonds. The summed E-state index contributed by atoms with van der Waals surface area (Å²) in [6.45, 7) is 1.96. The van der Waals surface area contributed by atoms with Crippen LogP contribution < -0.4 is 10.5 Å². The highest BCUT2D eigenvalue weighted by atomic mass is 35.5. The van der Waals surface area contributed by atoms with Crippen LogP contribution in [0.4, 0.5) is 4.39 Å². The van der Waals surface area contributed by atoms with E-state index in [1.807, 2.05) is 31.2 Å². The molecule has 2 nitrogen and oxygen atoms in total. The molecule has 0 spiro atoms. The Morgan fingerprint density at radius 2 is 1.79 bits per heavy atom. The van der Waals surface area contributed by atoms with Gasteiger partial charge >= 0.3 is 0 Å². The van der Waals surface area contributed by atoms with Gasteiger partial charge in [0.15, 0.2) is 0 Å². The lowest BCUT2D eigenvalue weighted by molar-refractivity contribution is 0.480. The highest BCUT2D eigenvalue weighted by Crippen LogP contribution is 2.26. The van der Waals surface area contributed by atoms with Crippen molar-refractivity contribution >= 4 is 11.6 Å². The molecule has 0 radical (unpaired) electrons. The zero-order valence-electron chi connectivity index (χ0n) is 10.6. The molecule has 19 heavy (non-hydrogen) atoms. The smallest absolute Gasteiger partial charge is 0.142 e. The van der Waals surface area contributed by atoms with Gasteiger partial charge in [-0.05, 0) is 43.2 Å². The van der Waals surface area contributed by atoms with E-state index in [1.165, 1.54) is 18.2 Å². The van der Waals surface area contributed by atoms with Crippen molar-refractivity contribution in [1.82, 2.24) is 0 Å². The Morgan fingerprint density at radius 3 is 2.37 bits per heavy atom. The average molecular weight is 280 g/mol. The lowest BCUT2D eigenvalue weighted by Crippen LogP contribution is -2.17. The Kier molecular flexibility index (Phi) is 4.40. The highest BCUT2D eigenvalue weighted by Gasteiger charge is 2.03. The van der Waals surface area contributed by atoms with Crippen LogP contribution in [0.5, 0.6) is 11.5 Å². The second-order valence-corrected chi connectivity index (χ2v) is 4.91. The standard InChI is InChI=1S/C15H15ClFNO/c1-10(18)8-11-2-4-12(5-3-11)19-13-6-7-15(17)14(16)9-13/h2-7,9-10H,8,18H2,1H3. The van der Waals surface area contributed by atoms with Crippen LogP contribution >= 0.6 is 11.6 Å². The van der Waals surface area contributed by atoms with Crippen molar-refractivity contribution in [2.24, 2.45) is 5.73 Å². The van der Waals surface area contributed by atoms with E-state index in [9.17, 15) is 4.39 Å². The molecule has 2 N–H and O–H groups in total. The Morgan fingerprint density at radius 1 is 1.16 bits per heavy atom. The van der Waals surface area contributed by atoms with E-state index in [0.717, 1.165) is 12.0 Å². The molecule has 0 aliphatic heterocycles. The molecule has 0 aliphatic rings. The van der Waals surface area contributed by atoms with Gasteiger partial charge in [-0.3, -0.25) is 0 Å². The predicted octanol–water partition coefficient (Wildman–Crippen LogP) is 4.16. The molecule has 100 valence electrons. The van der Waals surface area contributed by atoms with Crippen LogP contribution in [-0.2, 0) is 6.42 Å². The second-order valence-electron chi connectivity index (χ2n) is 4.50. The molecule has 4 heteroatoms. The van der Waals surface area contributed by atoms with Gasteiger partial charge < -0.3 is 10.5 Å². The number of ether oxygens (including phenoxy) is 1. The number of hydrogen-bond acceptors (Lipinski definition) is 2. The van der Waals surface area contributed by atoms with Crippen LogP contribution in [0.2, 0.25) is 5.02 Å². The number of rotatable bonds is 4. The van der Waals surface area contributed by atoms with Gasteiger partial charge in [-0.1, -0.05) is 23.7 Å². The fourth-order valence-electron chi connectivity index (χ4n) is 1.74. The van der Waals surface area contributed by atoms with E-state index in [-0.39, 0.29) is 11.1 Å². The Labute approximate surface area is 117 Å². The molecule has 2 rings (SSSR count). The van der Waals surface area contributed by atoms with Crippen molar-refractivity contribution in [2.45, 2.75) is 19.4 Å².